The minimum absolute atomic E-state index is 0.0324. The first-order chi connectivity index (χ1) is 18.0. The summed E-state index contributed by atoms with van der Waals surface area (Å²) in [5, 5.41) is 15.8. The SMILES string of the molecule is CN1CC2(CN(Cc3ccncc3)C2)OCC1C(=O)N1CCCCO1.O=C(O)C(F)(F)F.O=C(O)C(F)(F)F. The summed E-state index contributed by atoms with van der Waals surface area (Å²) in [5.41, 5.74) is 1.13. The number of hydrogen-bond acceptors (Lipinski definition) is 8. The van der Waals surface area contributed by atoms with Crippen molar-refractivity contribution in [2.75, 3.05) is 46.4 Å². The number of nitrogens with zero attached hydrogens (tertiary/aromatic N) is 4. The highest BCUT2D eigenvalue weighted by Crippen LogP contribution is 2.32. The average Bonchev–Trinajstić information content (AvgIpc) is 2.83. The fourth-order valence-electron chi connectivity index (χ4n) is 4.01. The number of hydrogen-bond donors (Lipinski definition) is 2. The van der Waals surface area contributed by atoms with Crippen molar-refractivity contribution in [3.8, 4) is 0 Å². The summed E-state index contributed by atoms with van der Waals surface area (Å²) in [4.78, 5) is 44.5. The topological polar surface area (TPSA) is 133 Å². The van der Waals surface area contributed by atoms with Gasteiger partial charge in [0.05, 0.1) is 13.2 Å². The van der Waals surface area contributed by atoms with Crippen LogP contribution < -0.4 is 0 Å². The number of carboxylic acid groups (broad SMARTS) is 2. The van der Waals surface area contributed by atoms with Crippen LogP contribution in [0.3, 0.4) is 0 Å². The summed E-state index contributed by atoms with van der Waals surface area (Å²) in [5.74, 6) is -5.48. The number of likely N-dealkylation sites (N-methyl/N-ethyl adjacent to an activating group) is 1. The van der Waals surface area contributed by atoms with Crippen LogP contribution in [0.2, 0.25) is 0 Å². The first-order valence-corrected chi connectivity index (χ1v) is 11.5. The van der Waals surface area contributed by atoms with Crippen LogP contribution in [-0.4, -0.2) is 118 Å². The van der Waals surface area contributed by atoms with E-state index in [9.17, 15) is 31.1 Å². The molecule has 0 aromatic carbocycles. The Hall–Kier alpha value is -3.02. The molecule has 3 aliphatic rings. The van der Waals surface area contributed by atoms with E-state index in [0.717, 1.165) is 39.0 Å². The van der Waals surface area contributed by atoms with Crippen molar-refractivity contribution in [3.63, 3.8) is 0 Å². The Balaban J connectivity index is 0.000000317. The molecule has 1 atom stereocenters. The highest BCUT2D eigenvalue weighted by Gasteiger charge is 2.50. The van der Waals surface area contributed by atoms with Gasteiger partial charge in [-0.25, -0.2) is 14.7 Å². The Morgan fingerprint density at radius 3 is 1.97 bits per heavy atom. The van der Waals surface area contributed by atoms with Crippen LogP contribution in [-0.2, 0) is 30.5 Å². The molecule has 0 bridgehead atoms. The lowest BCUT2D eigenvalue weighted by molar-refractivity contribution is -0.224. The third-order valence-electron chi connectivity index (χ3n) is 5.81. The van der Waals surface area contributed by atoms with E-state index in [1.165, 1.54) is 10.6 Å². The fraction of sp³-hybridized carbons (Fsp3) is 0.636. The number of aliphatic carboxylic acids is 2. The zero-order valence-corrected chi connectivity index (χ0v) is 20.7. The third-order valence-corrected chi connectivity index (χ3v) is 5.81. The summed E-state index contributed by atoms with van der Waals surface area (Å²) >= 11 is 0. The number of pyridine rings is 1. The normalized spacial score (nSPS) is 21.5. The lowest BCUT2D eigenvalue weighted by atomic mass is 9.90. The van der Waals surface area contributed by atoms with E-state index in [1.54, 1.807) is 0 Å². The number of aromatic nitrogens is 1. The molecule has 1 aromatic heterocycles. The third kappa shape index (κ3) is 9.90. The lowest BCUT2D eigenvalue weighted by Crippen LogP contribution is -2.72. The number of carboxylic acids is 2. The summed E-state index contributed by atoms with van der Waals surface area (Å²) in [6, 6.07) is 3.86. The molecule has 1 aromatic rings. The highest BCUT2D eigenvalue weighted by molar-refractivity contribution is 5.81. The Labute approximate surface area is 218 Å². The van der Waals surface area contributed by atoms with Crippen molar-refractivity contribution < 1.29 is 60.5 Å². The van der Waals surface area contributed by atoms with E-state index in [1.807, 2.05) is 31.6 Å². The molecule has 11 nitrogen and oxygen atoms in total. The smallest absolute Gasteiger partial charge is 0.475 e. The number of hydroxylamine groups is 2. The predicted octanol–water partition coefficient (Wildman–Crippen LogP) is 1.79. The Morgan fingerprint density at radius 1 is 1.00 bits per heavy atom. The maximum Gasteiger partial charge on any atom is 0.490 e. The number of likely N-dealkylation sites (tertiary alicyclic amines) is 1. The fourth-order valence-corrected chi connectivity index (χ4v) is 4.01. The van der Waals surface area contributed by atoms with E-state index < -0.39 is 24.3 Å². The van der Waals surface area contributed by atoms with Crippen LogP contribution in [0.5, 0.6) is 0 Å². The van der Waals surface area contributed by atoms with Gasteiger partial charge in [-0.1, -0.05) is 0 Å². The molecular weight excluding hydrogens is 546 g/mol. The molecule has 0 saturated carbocycles. The molecule has 2 N–H and O–H groups in total. The van der Waals surface area contributed by atoms with Gasteiger partial charge < -0.3 is 14.9 Å². The van der Waals surface area contributed by atoms with E-state index >= 15 is 0 Å². The van der Waals surface area contributed by atoms with Crippen molar-refractivity contribution in [1.29, 1.82) is 0 Å². The van der Waals surface area contributed by atoms with Crippen molar-refractivity contribution >= 4 is 17.8 Å². The van der Waals surface area contributed by atoms with E-state index in [2.05, 4.69) is 14.8 Å². The molecule has 17 heteroatoms. The van der Waals surface area contributed by atoms with Crippen molar-refractivity contribution in [2.45, 2.75) is 43.4 Å². The first kappa shape index (κ1) is 32.2. The molecule has 3 saturated heterocycles. The van der Waals surface area contributed by atoms with Crippen LogP contribution in [0, 0.1) is 0 Å². The van der Waals surface area contributed by atoms with Gasteiger partial charge in [0.25, 0.3) is 5.91 Å². The van der Waals surface area contributed by atoms with Gasteiger partial charge in [-0.05, 0) is 37.6 Å². The number of alkyl halides is 6. The van der Waals surface area contributed by atoms with Gasteiger partial charge in [0, 0.05) is 45.1 Å². The molecule has 3 fully saturated rings. The Bertz CT molecular complexity index is 944. The van der Waals surface area contributed by atoms with Gasteiger partial charge in [0.15, 0.2) is 0 Å². The number of carbonyl (C=O) groups excluding carboxylic acids is 1. The zero-order valence-electron chi connectivity index (χ0n) is 20.7. The van der Waals surface area contributed by atoms with Crippen molar-refractivity contribution in [3.05, 3.63) is 30.1 Å². The number of morpholine rings is 1. The Kier molecular flexibility index (Phi) is 11.0. The Morgan fingerprint density at radius 2 is 1.54 bits per heavy atom. The van der Waals surface area contributed by atoms with Gasteiger partial charge in [-0.3, -0.25) is 24.4 Å². The number of halogens is 6. The maximum absolute atomic E-state index is 12.6. The molecule has 1 spiro atoms. The van der Waals surface area contributed by atoms with Crippen LogP contribution in [0.15, 0.2) is 24.5 Å². The number of ether oxygens (including phenoxy) is 1. The zero-order chi connectivity index (χ0) is 29.4. The largest absolute Gasteiger partial charge is 0.490 e. The molecule has 0 radical (unpaired) electrons. The first-order valence-electron chi connectivity index (χ1n) is 11.5. The minimum atomic E-state index is -5.08. The highest BCUT2D eigenvalue weighted by atomic mass is 19.4. The quantitative estimate of drug-likeness (QED) is 0.515. The second-order valence-corrected chi connectivity index (χ2v) is 9.01. The van der Waals surface area contributed by atoms with Gasteiger partial charge in [-0.2, -0.15) is 26.3 Å². The minimum Gasteiger partial charge on any atom is -0.475 e. The summed E-state index contributed by atoms with van der Waals surface area (Å²) in [7, 11) is 2.02. The van der Waals surface area contributed by atoms with Gasteiger partial charge in [0.1, 0.15) is 11.6 Å². The van der Waals surface area contributed by atoms with E-state index in [0.29, 0.717) is 19.8 Å². The molecule has 39 heavy (non-hydrogen) atoms. The summed E-state index contributed by atoms with van der Waals surface area (Å²) in [6.07, 6.45) is -4.47. The van der Waals surface area contributed by atoms with Gasteiger partial charge in [0.2, 0.25) is 0 Å². The molecule has 4 heterocycles. The van der Waals surface area contributed by atoms with Crippen LogP contribution in [0.25, 0.3) is 0 Å². The standard InChI is InChI=1S/C18H26N4O3.2C2HF3O2/c1-20-12-18(13-21(14-18)10-15-4-6-19-7-5-15)24-11-16(20)17(23)22-8-2-3-9-25-22;2*3-2(4,5)1(6)7/h4-7,16H,2-3,8-14H2,1H3;2*(H,6,7). The molecule has 1 unspecified atom stereocenters. The molecule has 3 aliphatic heterocycles. The monoisotopic (exact) mass is 574 g/mol. The van der Waals surface area contributed by atoms with E-state index in [4.69, 9.17) is 29.4 Å². The summed E-state index contributed by atoms with van der Waals surface area (Å²) < 4.78 is 69.6. The average molecular weight is 574 g/mol. The van der Waals surface area contributed by atoms with E-state index in [-0.39, 0.29) is 17.6 Å². The number of amides is 1. The lowest BCUT2D eigenvalue weighted by Gasteiger charge is -2.55. The van der Waals surface area contributed by atoms with Crippen LogP contribution in [0.1, 0.15) is 18.4 Å². The van der Waals surface area contributed by atoms with Gasteiger partial charge >= 0.3 is 24.3 Å². The summed E-state index contributed by atoms with van der Waals surface area (Å²) in [6.45, 7) is 5.27. The van der Waals surface area contributed by atoms with Crippen molar-refractivity contribution in [1.82, 2.24) is 19.8 Å². The van der Waals surface area contributed by atoms with Gasteiger partial charge in [-0.15, -0.1) is 0 Å². The number of carbonyl (C=O) groups is 3. The van der Waals surface area contributed by atoms with Crippen LogP contribution >= 0.6 is 0 Å². The molecular formula is C22H28F6N4O7. The molecule has 4 rings (SSSR count). The second kappa shape index (κ2) is 13.4. The molecule has 1 amide bonds. The van der Waals surface area contributed by atoms with Crippen molar-refractivity contribution in [2.24, 2.45) is 0 Å². The molecule has 220 valence electrons. The van der Waals surface area contributed by atoms with Crippen LogP contribution in [0.4, 0.5) is 26.3 Å². The second-order valence-electron chi connectivity index (χ2n) is 9.01. The molecule has 0 aliphatic carbocycles. The number of rotatable bonds is 3. The maximum atomic E-state index is 12.6. The predicted molar refractivity (Wildman–Crippen MR) is 119 cm³/mol.